The Morgan fingerprint density at radius 1 is 1.23 bits per heavy atom. The summed E-state index contributed by atoms with van der Waals surface area (Å²) in [7, 11) is 0. The van der Waals surface area contributed by atoms with Crippen LogP contribution in [0.15, 0.2) is 42.5 Å². The highest BCUT2D eigenvalue weighted by Crippen LogP contribution is 2.39. The van der Waals surface area contributed by atoms with Crippen LogP contribution in [0.25, 0.3) is 0 Å². The van der Waals surface area contributed by atoms with Crippen molar-refractivity contribution in [3.8, 4) is 5.75 Å². The average Bonchev–Trinajstić information content (AvgIpc) is 2.65. The maximum atomic E-state index is 14.0. The van der Waals surface area contributed by atoms with Crippen LogP contribution in [-0.2, 0) is 16.0 Å². The molecule has 0 radical (unpaired) electrons. The van der Waals surface area contributed by atoms with Gasteiger partial charge >= 0.3 is 5.97 Å². The van der Waals surface area contributed by atoms with Gasteiger partial charge in [0, 0.05) is 12.1 Å². The first-order valence-electron chi connectivity index (χ1n) is 8.22. The Morgan fingerprint density at radius 2 is 2.00 bits per heavy atom. The van der Waals surface area contributed by atoms with E-state index in [0.29, 0.717) is 18.5 Å². The second kappa shape index (κ2) is 7.53. The maximum Gasteiger partial charge on any atom is 0.341 e. The van der Waals surface area contributed by atoms with Crippen molar-refractivity contribution in [1.82, 2.24) is 4.90 Å². The zero-order chi connectivity index (χ0) is 18.7. The molecule has 6 nitrogen and oxygen atoms in total. The highest BCUT2D eigenvalue weighted by molar-refractivity contribution is 5.79. The summed E-state index contributed by atoms with van der Waals surface area (Å²) in [6, 6.07) is 10.9. The van der Waals surface area contributed by atoms with Crippen molar-refractivity contribution in [3.63, 3.8) is 0 Å². The first-order valence-corrected chi connectivity index (χ1v) is 8.22. The van der Waals surface area contributed by atoms with Crippen molar-refractivity contribution in [2.24, 2.45) is 5.73 Å². The topological polar surface area (TPSA) is 92.9 Å². The summed E-state index contributed by atoms with van der Waals surface area (Å²) in [6.07, 6.45) is 0.666. The van der Waals surface area contributed by atoms with E-state index < -0.39 is 24.4 Å². The minimum atomic E-state index is -1.14. The lowest BCUT2D eigenvalue weighted by Crippen LogP contribution is -2.43. The van der Waals surface area contributed by atoms with E-state index in [-0.39, 0.29) is 18.2 Å². The van der Waals surface area contributed by atoms with Crippen molar-refractivity contribution in [3.05, 3.63) is 65.0 Å². The van der Waals surface area contributed by atoms with Gasteiger partial charge in [0.1, 0.15) is 11.6 Å². The highest BCUT2D eigenvalue weighted by Gasteiger charge is 2.33. The molecule has 1 aliphatic heterocycles. The lowest BCUT2D eigenvalue weighted by molar-refractivity contribution is -0.139. The van der Waals surface area contributed by atoms with Gasteiger partial charge in [0.15, 0.2) is 6.61 Å². The maximum absolute atomic E-state index is 14.0. The van der Waals surface area contributed by atoms with Gasteiger partial charge in [-0.3, -0.25) is 4.79 Å². The molecule has 7 heteroatoms. The molecule has 1 heterocycles. The lowest BCUT2D eigenvalue weighted by Gasteiger charge is -2.38. The van der Waals surface area contributed by atoms with Crippen LogP contribution in [0.4, 0.5) is 4.39 Å². The number of benzene rings is 2. The number of carbonyl (C=O) groups excluding carboxylic acids is 1. The molecular formula is C19H19FN2O4. The van der Waals surface area contributed by atoms with Crippen LogP contribution in [0.5, 0.6) is 5.75 Å². The van der Waals surface area contributed by atoms with Crippen molar-refractivity contribution in [2.45, 2.75) is 12.5 Å². The summed E-state index contributed by atoms with van der Waals surface area (Å²) in [5.41, 5.74) is 7.86. The van der Waals surface area contributed by atoms with E-state index in [1.807, 2.05) is 24.3 Å². The van der Waals surface area contributed by atoms with Crippen molar-refractivity contribution in [2.75, 3.05) is 19.7 Å². The van der Waals surface area contributed by atoms with E-state index in [9.17, 15) is 14.0 Å². The smallest absolute Gasteiger partial charge is 0.341 e. The van der Waals surface area contributed by atoms with Crippen molar-refractivity contribution in [1.29, 1.82) is 0 Å². The number of ether oxygens (including phenoxy) is 1. The number of fused-ring (bicyclic) bond motifs is 1. The van der Waals surface area contributed by atoms with Crippen LogP contribution in [0, 0.1) is 5.82 Å². The predicted octanol–water partition coefficient (Wildman–Crippen LogP) is 1.72. The van der Waals surface area contributed by atoms with E-state index >= 15 is 0 Å². The minimum Gasteiger partial charge on any atom is -0.482 e. The zero-order valence-corrected chi connectivity index (χ0v) is 14.0. The molecule has 3 rings (SSSR count). The highest BCUT2D eigenvalue weighted by atomic mass is 19.1. The number of carboxylic acids is 1. The molecule has 0 spiro atoms. The van der Waals surface area contributed by atoms with Crippen LogP contribution in [0.1, 0.15) is 22.7 Å². The van der Waals surface area contributed by atoms with Crippen molar-refractivity contribution >= 4 is 11.9 Å². The molecule has 0 bridgehead atoms. The summed E-state index contributed by atoms with van der Waals surface area (Å²) in [6.45, 7) is -0.288. The molecule has 0 saturated carbocycles. The number of hydrogen-bond acceptors (Lipinski definition) is 4. The molecule has 136 valence electrons. The molecule has 3 N–H and O–H groups in total. The van der Waals surface area contributed by atoms with Gasteiger partial charge in [-0.2, -0.15) is 0 Å². The first-order chi connectivity index (χ1) is 12.5. The fourth-order valence-electron chi connectivity index (χ4n) is 3.29. The van der Waals surface area contributed by atoms with Gasteiger partial charge in [-0.05, 0) is 35.7 Å². The summed E-state index contributed by atoms with van der Waals surface area (Å²) in [4.78, 5) is 24.8. The second-order valence-corrected chi connectivity index (χ2v) is 6.01. The second-order valence-electron chi connectivity index (χ2n) is 6.01. The van der Waals surface area contributed by atoms with E-state index in [2.05, 4.69) is 0 Å². The zero-order valence-electron chi connectivity index (χ0n) is 14.0. The first kappa shape index (κ1) is 17.9. The van der Waals surface area contributed by atoms with Crippen LogP contribution < -0.4 is 10.5 Å². The third kappa shape index (κ3) is 3.52. The van der Waals surface area contributed by atoms with Gasteiger partial charge in [-0.1, -0.05) is 24.3 Å². The third-order valence-electron chi connectivity index (χ3n) is 4.40. The molecule has 0 saturated heterocycles. The predicted molar refractivity (Wildman–Crippen MR) is 92.3 cm³/mol. The number of halogens is 1. The van der Waals surface area contributed by atoms with Gasteiger partial charge in [0.2, 0.25) is 5.91 Å². The number of aliphatic carboxylic acids is 1. The monoisotopic (exact) mass is 358 g/mol. The Kier molecular flexibility index (Phi) is 5.18. The quantitative estimate of drug-likeness (QED) is 0.849. The van der Waals surface area contributed by atoms with Crippen LogP contribution in [-0.4, -0.2) is 41.6 Å². The van der Waals surface area contributed by atoms with E-state index in [1.165, 1.54) is 18.2 Å². The van der Waals surface area contributed by atoms with Crippen molar-refractivity contribution < 1.29 is 23.8 Å². The molecule has 0 aromatic heterocycles. The van der Waals surface area contributed by atoms with Gasteiger partial charge < -0.3 is 20.5 Å². The molecule has 26 heavy (non-hydrogen) atoms. The summed E-state index contributed by atoms with van der Waals surface area (Å²) < 4.78 is 19.3. The minimum absolute atomic E-state index is 0.167. The SMILES string of the molecule is NCC(=O)N1CCc2ccccc2C1c1cc(F)ccc1OCC(=O)O. The molecule has 1 amide bonds. The molecule has 0 fully saturated rings. The normalized spacial score (nSPS) is 16.1. The summed E-state index contributed by atoms with van der Waals surface area (Å²) >= 11 is 0. The fourth-order valence-corrected chi connectivity index (χ4v) is 3.29. The Labute approximate surface area is 150 Å². The number of amides is 1. The molecular weight excluding hydrogens is 339 g/mol. The van der Waals surface area contributed by atoms with Gasteiger partial charge in [-0.15, -0.1) is 0 Å². The van der Waals surface area contributed by atoms with Crippen LogP contribution in [0.2, 0.25) is 0 Å². The standard InChI is InChI=1S/C19H19FN2O4/c20-13-5-6-16(26-11-18(24)25)15(9-13)19-14-4-2-1-3-12(14)7-8-22(19)17(23)10-21/h1-6,9,19H,7-8,10-11,21H2,(H,24,25). The average molecular weight is 358 g/mol. The van der Waals surface area contributed by atoms with Gasteiger partial charge in [-0.25, -0.2) is 9.18 Å². The summed E-state index contributed by atoms with van der Waals surface area (Å²) in [5, 5.41) is 8.89. The lowest BCUT2D eigenvalue weighted by atomic mass is 9.87. The van der Waals surface area contributed by atoms with E-state index in [0.717, 1.165) is 11.1 Å². The Balaban J connectivity index is 2.12. The molecule has 0 aliphatic carbocycles. The molecule has 1 atom stereocenters. The van der Waals surface area contributed by atoms with E-state index in [1.54, 1.807) is 4.90 Å². The molecule has 2 aromatic carbocycles. The largest absolute Gasteiger partial charge is 0.482 e. The fraction of sp³-hybridized carbons (Fsp3) is 0.263. The third-order valence-corrected chi connectivity index (χ3v) is 4.40. The summed E-state index contributed by atoms with van der Waals surface area (Å²) in [5.74, 6) is -1.67. The van der Waals surface area contributed by atoms with Gasteiger partial charge in [0.05, 0.1) is 12.6 Å². The molecule has 1 aliphatic rings. The number of nitrogens with two attached hydrogens (primary N) is 1. The van der Waals surface area contributed by atoms with Gasteiger partial charge in [0.25, 0.3) is 0 Å². The number of hydrogen-bond donors (Lipinski definition) is 2. The Hall–Kier alpha value is -2.93. The number of nitrogens with zero attached hydrogens (tertiary/aromatic N) is 1. The Bertz CT molecular complexity index is 840. The molecule has 2 aromatic rings. The van der Waals surface area contributed by atoms with Crippen LogP contribution >= 0.6 is 0 Å². The number of carbonyl (C=O) groups is 2. The molecule has 1 unspecified atom stereocenters. The number of carboxylic acid groups (broad SMARTS) is 1. The van der Waals surface area contributed by atoms with E-state index in [4.69, 9.17) is 15.6 Å². The number of rotatable bonds is 5. The van der Waals surface area contributed by atoms with Crippen LogP contribution in [0.3, 0.4) is 0 Å². The Morgan fingerprint density at radius 3 is 2.73 bits per heavy atom.